The Hall–Kier alpha value is -0.870. The van der Waals surface area contributed by atoms with Crippen LogP contribution in [-0.4, -0.2) is 17.4 Å². The van der Waals surface area contributed by atoms with Gasteiger partial charge in [-0.25, -0.2) is 0 Å². The first-order valence-corrected chi connectivity index (χ1v) is 6.95. The molecule has 3 N–H and O–H groups in total. The lowest BCUT2D eigenvalue weighted by molar-refractivity contribution is -0.113. The third-order valence-corrected chi connectivity index (χ3v) is 3.68. The Kier molecular flexibility index (Phi) is 5.65. The van der Waals surface area contributed by atoms with E-state index in [0.717, 1.165) is 5.75 Å². The molecule has 0 radical (unpaired) electrons. The molecule has 17 heavy (non-hydrogen) atoms. The molecule has 5 heteroatoms. The summed E-state index contributed by atoms with van der Waals surface area (Å²) in [6.07, 6.45) is 0. The number of nitrogen functional groups attached to an aromatic ring is 1. The minimum atomic E-state index is -0.0163. The minimum Gasteiger partial charge on any atom is -0.397 e. The van der Waals surface area contributed by atoms with E-state index in [0.29, 0.717) is 28.1 Å². The van der Waals surface area contributed by atoms with E-state index in [2.05, 4.69) is 19.2 Å². The van der Waals surface area contributed by atoms with Crippen molar-refractivity contribution >= 4 is 40.6 Å². The van der Waals surface area contributed by atoms with Gasteiger partial charge in [-0.1, -0.05) is 25.4 Å². The summed E-state index contributed by atoms with van der Waals surface area (Å²) < 4.78 is 0. The second-order valence-corrected chi connectivity index (χ2v) is 5.63. The zero-order valence-corrected chi connectivity index (χ0v) is 11.6. The summed E-state index contributed by atoms with van der Waals surface area (Å²) in [6.45, 7) is 4.26. The lowest BCUT2D eigenvalue weighted by Crippen LogP contribution is -2.15. The second kappa shape index (κ2) is 6.77. The molecular weight excluding hydrogens is 256 g/mol. The third kappa shape index (κ3) is 5.33. The predicted octanol–water partition coefficient (Wildman–Crippen LogP) is 3.25. The van der Waals surface area contributed by atoms with Crippen molar-refractivity contribution in [1.29, 1.82) is 0 Å². The van der Waals surface area contributed by atoms with Crippen LogP contribution in [0.3, 0.4) is 0 Å². The number of rotatable bonds is 5. The molecule has 1 rings (SSSR count). The van der Waals surface area contributed by atoms with Gasteiger partial charge in [0.15, 0.2) is 0 Å². The van der Waals surface area contributed by atoms with Crippen molar-refractivity contribution in [2.45, 2.75) is 13.8 Å². The number of anilines is 2. The van der Waals surface area contributed by atoms with E-state index < -0.39 is 0 Å². The van der Waals surface area contributed by atoms with Gasteiger partial charge >= 0.3 is 0 Å². The van der Waals surface area contributed by atoms with Crippen LogP contribution in [0, 0.1) is 5.92 Å². The van der Waals surface area contributed by atoms with Crippen molar-refractivity contribution in [3.8, 4) is 0 Å². The largest absolute Gasteiger partial charge is 0.397 e. The van der Waals surface area contributed by atoms with Crippen molar-refractivity contribution in [1.82, 2.24) is 0 Å². The number of nitrogens with one attached hydrogen (secondary N) is 1. The molecule has 1 aromatic rings. The molecule has 0 atom stereocenters. The summed E-state index contributed by atoms with van der Waals surface area (Å²) in [5, 5.41) is 3.28. The topological polar surface area (TPSA) is 55.1 Å². The Morgan fingerprint density at radius 2 is 2.24 bits per heavy atom. The molecule has 0 heterocycles. The SMILES string of the molecule is CC(C)CSCC(=O)Nc1ccc(Cl)c(N)c1. The number of nitrogens with two attached hydrogens (primary N) is 1. The first-order chi connectivity index (χ1) is 7.99. The first kappa shape index (κ1) is 14.2. The molecule has 0 saturated carbocycles. The highest BCUT2D eigenvalue weighted by Gasteiger charge is 2.05. The molecule has 0 aromatic heterocycles. The predicted molar refractivity (Wildman–Crippen MR) is 76.7 cm³/mol. The summed E-state index contributed by atoms with van der Waals surface area (Å²) in [6, 6.07) is 5.07. The number of amides is 1. The van der Waals surface area contributed by atoms with Crippen LogP contribution >= 0.6 is 23.4 Å². The van der Waals surface area contributed by atoms with Crippen LogP contribution in [0.15, 0.2) is 18.2 Å². The summed E-state index contributed by atoms with van der Waals surface area (Å²) in [4.78, 5) is 11.6. The van der Waals surface area contributed by atoms with Crippen LogP contribution in [0.25, 0.3) is 0 Å². The lowest BCUT2D eigenvalue weighted by atomic mass is 10.3. The van der Waals surface area contributed by atoms with Crippen molar-refractivity contribution < 1.29 is 4.79 Å². The van der Waals surface area contributed by atoms with Crippen molar-refractivity contribution in [2.75, 3.05) is 22.6 Å². The van der Waals surface area contributed by atoms with Crippen LogP contribution in [0.5, 0.6) is 0 Å². The Morgan fingerprint density at radius 1 is 1.53 bits per heavy atom. The number of carbonyl (C=O) groups is 1. The summed E-state index contributed by atoms with van der Waals surface area (Å²) in [5.74, 6) is 2.02. The highest BCUT2D eigenvalue weighted by atomic mass is 35.5. The Bertz CT molecular complexity index is 396. The van der Waals surface area contributed by atoms with Crippen LogP contribution in [-0.2, 0) is 4.79 Å². The van der Waals surface area contributed by atoms with Gasteiger partial charge in [0.05, 0.1) is 16.5 Å². The molecule has 0 unspecified atom stereocenters. The fourth-order valence-corrected chi connectivity index (χ4v) is 2.17. The van der Waals surface area contributed by atoms with Gasteiger partial charge in [-0.2, -0.15) is 11.8 Å². The minimum absolute atomic E-state index is 0.0163. The fourth-order valence-electron chi connectivity index (χ4n) is 1.21. The standard InChI is InChI=1S/C12H17ClN2OS/c1-8(2)6-17-7-12(16)15-9-3-4-10(13)11(14)5-9/h3-5,8H,6-7,14H2,1-2H3,(H,15,16). The second-order valence-electron chi connectivity index (χ2n) is 4.19. The van der Waals surface area contributed by atoms with Gasteiger partial charge in [-0.15, -0.1) is 0 Å². The van der Waals surface area contributed by atoms with Gasteiger partial charge in [0.1, 0.15) is 0 Å². The number of hydrogen-bond donors (Lipinski definition) is 2. The maximum absolute atomic E-state index is 11.6. The number of benzene rings is 1. The summed E-state index contributed by atoms with van der Waals surface area (Å²) in [5.41, 5.74) is 6.80. The van der Waals surface area contributed by atoms with Gasteiger partial charge in [0.2, 0.25) is 5.91 Å². The summed E-state index contributed by atoms with van der Waals surface area (Å²) in [7, 11) is 0. The van der Waals surface area contributed by atoms with E-state index in [1.807, 2.05) is 0 Å². The normalized spacial score (nSPS) is 10.6. The van der Waals surface area contributed by atoms with Gasteiger partial charge in [0, 0.05) is 5.69 Å². The van der Waals surface area contributed by atoms with Crippen LogP contribution < -0.4 is 11.1 Å². The lowest BCUT2D eigenvalue weighted by Gasteiger charge is -2.07. The molecular formula is C12H17ClN2OS. The van der Waals surface area contributed by atoms with E-state index in [1.54, 1.807) is 30.0 Å². The quantitative estimate of drug-likeness (QED) is 0.809. The van der Waals surface area contributed by atoms with E-state index in [-0.39, 0.29) is 5.91 Å². The molecule has 3 nitrogen and oxygen atoms in total. The molecule has 1 aromatic carbocycles. The third-order valence-electron chi connectivity index (χ3n) is 1.96. The van der Waals surface area contributed by atoms with Gasteiger partial charge in [0.25, 0.3) is 0 Å². The Morgan fingerprint density at radius 3 is 2.82 bits per heavy atom. The van der Waals surface area contributed by atoms with Crippen molar-refractivity contribution in [2.24, 2.45) is 5.92 Å². The van der Waals surface area contributed by atoms with E-state index in [9.17, 15) is 4.79 Å². The van der Waals surface area contributed by atoms with E-state index in [1.165, 1.54) is 0 Å². The molecule has 0 aliphatic heterocycles. The first-order valence-electron chi connectivity index (χ1n) is 5.41. The molecule has 0 bridgehead atoms. The molecule has 0 aliphatic carbocycles. The van der Waals surface area contributed by atoms with Gasteiger partial charge in [-0.3, -0.25) is 4.79 Å². The molecule has 0 fully saturated rings. The van der Waals surface area contributed by atoms with Gasteiger partial charge in [-0.05, 0) is 29.9 Å². The Labute approximate surface area is 111 Å². The summed E-state index contributed by atoms with van der Waals surface area (Å²) >= 11 is 7.42. The zero-order valence-electron chi connectivity index (χ0n) is 10.00. The average molecular weight is 273 g/mol. The monoisotopic (exact) mass is 272 g/mol. The molecule has 1 amide bonds. The molecule has 94 valence electrons. The average Bonchev–Trinajstić information content (AvgIpc) is 2.23. The fraction of sp³-hybridized carbons (Fsp3) is 0.417. The number of hydrogen-bond acceptors (Lipinski definition) is 3. The smallest absolute Gasteiger partial charge is 0.234 e. The number of halogens is 1. The highest BCUT2D eigenvalue weighted by Crippen LogP contribution is 2.22. The van der Waals surface area contributed by atoms with Crippen LogP contribution in [0.4, 0.5) is 11.4 Å². The van der Waals surface area contributed by atoms with Gasteiger partial charge < -0.3 is 11.1 Å². The van der Waals surface area contributed by atoms with Crippen LogP contribution in [0.1, 0.15) is 13.8 Å². The molecule has 0 saturated heterocycles. The van der Waals surface area contributed by atoms with Crippen LogP contribution in [0.2, 0.25) is 5.02 Å². The van der Waals surface area contributed by atoms with E-state index in [4.69, 9.17) is 17.3 Å². The van der Waals surface area contributed by atoms with Crippen molar-refractivity contribution in [3.05, 3.63) is 23.2 Å². The van der Waals surface area contributed by atoms with E-state index >= 15 is 0 Å². The zero-order chi connectivity index (χ0) is 12.8. The highest BCUT2D eigenvalue weighted by molar-refractivity contribution is 7.99. The maximum Gasteiger partial charge on any atom is 0.234 e. The van der Waals surface area contributed by atoms with Crippen molar-refractivity contribution in [3.63, 3.8) is 0 Å². The number of thioether (sulfide) groups is 1. The maximum atomic E-state index is 11.6. The molecule has 0 spiro atoms. The number of carbonyl (C=O) groups excluding carboxylic acids is 1. The Balaban J connectivity index is 2.42. The molecule has 0 aliphatic rings.